The number of pyridine rings is 1. The molecule has 2 fully saturated rings. The summed E-state index contributed by atoms with van der Waals surface area (Å²) in [5.74, 6) is 2.90. The first kappa shape index (κ1) is 22.1. The van der Waals surface area contributed by atoms with Crippen molar-refractivity contribution >= 4 is 17.4 Å². The zero-order valence-corrected chi connectivity index (χ0v) is 19.8. The van der Waals surface area contributed by atoms with E-state index in [0.29, 0.717) is 35.9 Å². The molecule has 2 saturated carbocycles. The molecule has 2 N–H and O–H groups in total. The van der Waals surface area contributed by atoms with Gasteiger partial charge in [-0.1, -0.05) is 36.3 Å². The average Bonchev–Trinajstić information content (AvgIpc) is 3.10. The van der Waals surface area contributed by atoms with Crippen LogP contribution in [0.25, 0.3) is 0 Å². The molecule has 5 nitrogen and oxygen atoms in total. The molecule has 1 aromatic heterocycles. The molecular formula is C28H35N3O2. The van der Waals surface area contributed by atoms with Crippen molar-refractivity contribution in [3.05, 3.63) is 59.3 Å². The van der Waals surface area contributed by atoms with Gasteiger partial charge in [0, 0.05) is 18.0 Å². The van der Waals surface area contributed by atoms with Crippen LogP contribution < -0.4 is 5.32 Å². The van der Waals surface area contributed by atoms with Crippen LogP contribution in [0.4, 0.5) is 5.82 Å². The summed E-state index contributed by atoms with van der Waals surface area (Å²) in [6, 6.07) is 12.8. The van der Waals surface area contributed by atoms with Crippen molar-refractivity contribution in [2.75, 3.05) is 5.32 Å². The molecule has 5 atom stereocenters. The maximum atomic E-state index is 12.5. The van der Waals surface area contributed by atoms with Crippen LogP contribution >= 0.6 is 0 Å². The number of carbonyl (C=O) groups is 1. The van der Waals surface area contributed by atoms with Crippen LogP contribution in [-0.4, -0.2) is 21.8 Å². The quantitative estimate of drug-likeness (QED) is 0.431. The van der Waals surface area contributed by atoms with E-state index in [2.05, 4.69) is 46.6 Å². The largest absolute Gasteiger partial charge is 0.411 e. The van der Waals surface area contributed by atoms with Crippen LogP contribution in [0.1, 0.15) is 74.5 Å². The minimum Gasteiger partial charge on any atom is -0.411 e. The summed E-state index contributed by atoms with van der Waals surface area (Å²) < 4.78 is 0. The smallest absolute Gasteiger partial charge is 0.225 e. The molecule has 0 saturated heterocycles. The Morgan fingerprint density at radius 3 is 2.94 bits per heavy atom. The van der Waals surface area contributed by atoms with Gasteiger partial charge in [0.25, 0.3) is 0 Å². The predicted octanol–water partition coefficient (Wildman–Crippen LogP) is 6.11. The second-order valence-corrected chi connectivity index (χ2v) is 10.7. The van der Waals surface area contributed by atoms with Crippen LogP contribution in [0.15, 0.2) is 47.8 Å². The van der Waals surface area contributed by atoms with Crippen LogP contribution in [0.3, 0.4) is 0 Å². The zero-order chi connectivity index (χ0) is 23.0. The Hall–Kier alpha value is -2.69. The van der Waals surface area contributed by atoms with Gasteiger partial charge in [0.1, 0.15) is 5.82 Å². The number of benzene rings is 1. The van der Waals surface area contributed by atoms with E-state index in [0.717, 1.165) is 43.4 Å². The highest BCUT2D eigenvalue weighted by atomic mass is 16.4. The number of nitrogens with one attached hydrogen (secondary N) is 1. The fourth-order valence-corrected chi connectivity index (χ4v) is 7.36. The Bertz CT molecular complexity index is 1060. The van der Waals surface area contributed by atoms with Crippen molar-refractivity contribution in [3.8, 4) is 0 Å². The van der Waals surface area contributed by atoms with Gasteiger partial charge in [-0.05, 0) is 104 Å². The molecule has 3 aliphatic carbocycles. The fourth-order valence-electron chi connectivity index (χ4n) is 7.36. The minimum absolute atomic E-state index is 0.0133. The molecule has 0 bridgehead atoms. The van der Waals surface area contributed by atoms with Gasteiger partial charge in [-0.2, -0.15) is 0 Å². The molecular weight excluding hydrogens is 410 g/mol. The lowest BCUT2D eigenvalue weighted by atomic mass is 9.54. The Morgan fingerprint density at radius 2 is 2.12 bits per heavy atom. The Labute approximate surface area is 196 Å². The van der Waals surface area contributed by atoms with Crippen LogP contribution in [-0.2, 0) is 11.2 Å². The summed E-state index contributed by atoms with van der Waals surface area (Å²) in [5, 5.41) is 16.6. The third-order valence-corrected chi connectivity index (χ3v) is 8.80. The lowest BCUT2D eigenvalue weighted by Gasteiger charge is -2.50. The lowest BCUT2D eigenvalue weighted by Crippen LogP contribution is -2.44. The highest BCUT2D eigenvalue weighted by Crippen LogP contribution is 2.62. The molecule has 0 spiro atoms. The third-order valence-electron chi connectivity index (χ3n) is 8.80. The van der Waals surface area contributed by atoms with Gasteiger partial charge in [-0.3, -0.25) is 4.79 Å². The maximum Gasteiger partial charge on any atom is 0.225 e. The first-order chi connectivity index (χ1) is 16.0. The number of oxime groups is 1. The van der Waals surface area contributed by atoms with E-state index in [9.17, 15) is 10.0 Å². The number of aromatic nitrogens is 1. The van der Waals surface area contributed by atoms with E-state index >= 15 is 0 Å². The molecule has 2 aromatic rings. The van der Waals surface area contributed by atoms with Gasteiger partial charge < -0.3 is 10.5 Å². The van der Waals surface area contributed by atoms with Crippen molar-refractivity contribution in [2.45, 2.75) is 71.1 Å². The number of hydrogen-bond acceptors (Lipinski definition) is 4. The molecule has 174 valence electrons. The number of rotatable bonds is 5. The van der Waals surface area contributed by atoms with Crippen LogP contribution in [0.5, 0.6) is 0 Å². The monoisotopic (exact) mass is 445 g/mol. The molecule has 33 heavy (non-hydrogen) atoms. The van der Waals surface area contributed by atoms with Gasteiger partial charge in [-0.25, -0.2) is 4.98 Å². The standard InChI is InChI=1S/C28H35N3O2/c1-18-13-15-29-25(16-18)30-26(32)9-5-7-20-17-24(31-33)28(2)14-12-22-21-8-4-3-6-19(21)10-11-23(22)27(20)28/h3-4,6,8,13,15-16,20,22-23,27,33H,5,7,9-12,14,17H2,1-2H3,(H,29,30,32)/b31-24+/t20-,22?,23?,27?,28-/m1/s1. The fraction of sp³-hybridized carbons (Fsp3) is 0.536. The topological polar surface area (TPSA) is 74.6 Å². The van der Waals surface area contributed by atoms with E-state index in [4.69, 9.17) is 0 Å². The van der Waals surface area contributed by atoms with Gasteiger partial charge in [0.05, 0.1) is 5.71 Å². The van der Waals surface area contributed by atoms with Gasteiger partial charge in [-0.15, -0.1) is 0 Å². The van der Waals surface area contributed by atoms with E-state index < -0.39 is 0 Å². The predicted molar refractivity (Wildman–Crippen MR) is 131 cm³/mol. The molecule has 3 unspecified atom stereocenters. The average molecular weight is 446 g/mol. The Balaban J connectivity index is 1.28. The van der Waals surface area contributed by atoms with Crippen molar-refractivity contribution in [1.82, 2.24) is 4.98 Å². The first-order valence-electron chi connectivity index (χ1n) is 12.5. The molecule has 0 aliphatic heterocycles. The Morgan fingerprint density at radius 1 is 1.27 bits per heavy atom. The molecule has 3 aliphatic rings. The number of fused-ring (bicyclic) bond motifs is 5. The summed E-state index contributed by atoms with van der Waals surface area (Å²) in [4.78, 5) is 16.8. The van der Waals surface area contributed by atoms with Crippen molar-refractivity contribution in [1.29, 1.82) is 0 Å². The normalized spacial score (nSPS) is 31.5. The molecule has 5 rings (SSSR count). The molecule has 1 amide bonds. The SMILES string of the molecule is Cc1ccnc(NC(=O)CCC[C@@H]2C/C(=N\O)[C@@]3(C)CCC4c5ccccc5CCC4C23)c1. The molecule has 1 heterocycles. The second-order valence-electron chi connectivity index (χ2n) is 10.7. The summed E-state index contributed by atoms with van der Waals surface area (Å²) in [6.45, 7) is 4.33. The highest BCUT2D eigenvalue weighted by molar-refractivity contribution is 5.92. The lowest BCUT2D eigenvalue weighted by molar-refractivity contribution is -0.116. The van der Waals surface area contributed by atoms with Crippen LogP contribution in [0.2, 0.25) is 0 Å². The summed E-state index contributed by atoms with van der Waals surface area (Å²) in [5.41, 5.74) is 5.13. The number of aryl methyl sites for hydroxylation is 2. The summed E-state index contributed by atoms with van der Waals surface area (Å²) in [7, 11) is 0. The van der Waals surface area contributed by atoms with E-state index in [-0.39, 0.29) is 11.3 Å². The third kappa shape index (κ3) is 4.07. The minimum atomic E-state index is -0.0133. The van der Waals surface area contributed by atoms with E-state index in [1.165, 1.54) is 18.4 Å². The van der Waals surface area contributed by atoms with Crippen molar-refractivity contribution < 1.29 is 10.0 Å². The van der Waals surface area contributed by atoms with E-state index in [1.54, 1.807) is 11.8 Å². The van der Waals surface area contributed by atoms with Gasteiger partial charge in [0.15, 0.2) is 0 Å². The van der Waals surface area contributed by atoms with Gasteiger partial charge >= 0.3 is 0 Å². The van der Waals surface area contributed by atoms with Crippen LogP contribution in [0, 0.1) is 30.1 Å². The zero-order valence-electron chi connectivity index (χ0n) is 19.8. The molecule has 1 aromatic carbocycles. The number of anilines is 1. The first-order valence-corrected chi connectivity index (χ1v) is 12.5. The number of nitrogens with zero attached hydrogens (tertiary/aromatic N) is 2. The molecule has 0 radical (unpaired) electrons. The Kier molecular flexibility index (Phi) is 5.98. The van der Waals surface area contributed by atoms with E-state index in [1.807, 2.05) is 19.1 Å². The van der Waals surface area contributed by atoms with Crippen molar-refractivity contribution in [2.24, 2.45) is 28.3 Å². The van der Waals surface area contributed by atoms with Gasteiger partial charge in [0.2, 0.25) is 5.91 Å². The maximum absolute atomic E-state index is 12.5. The summed E-state index contributed by atoms with van der Waals surface area (Å²) in [6.07, 6.45) is 9.56. The summed E-state index contributed by atoms with van der Waals surface area (Å²) >= 11 is 0. The molecule has 5 heteroatoms. The highest BCUT2D eigenvalue weighted by Gasteiger charge is 2.57. The number of hydrogen-bond donors (Lipinski definition) is 2. The number of carbonyl (C=O) groups excluding carboxylic acids is 1. The second kappa shape index (κ2) is 8.92. The van der Waals surface area contributed by atoms with Crippen molar-refractivity contribution in [3.63, 3.8) is 0 Å². The number of amides is 1.